The van der Waals surface area contributed by atoms with Crippen LogP contribution in [0.2, 0.25) is 5.02 Å². The Labute approximate surface area is 107 Å². The van der Waals surface area contributed by atoms with Gasteiger partial charge >= 0.3 is 0 Å². The zero-order chi connectivity index (χ0) is 12.6. The average Bonchev–Trinajstić information content (AvgIpc) is 2.52. The van der Waals surface area contributed by atoms with Gasteiger partial charge < -0.3 is 5.21 Å². The Bertz CT molecular complexity index is 456. The fourth-order valence-corrected chi connectivity index (χ4v) is 2.54. The Morgan fingerprint density at radius 1 is 1.41 bits per heavy atom. The molecular formula is C13H18ClN2O+. The van der Waals surface area contributed by atoms with Crippen LogP contribution in [0.25, 0.3) is 0 Å². The van der Waals surface area contributed by atoms with E-state index in [2.05, 4.69) is 11.9 Å². The summed E-state index contributed by atoms with van der Waals surface area (Å²) in [4.78, 5) is 3.35. The van der Waals surface area contributed by atoms with Crippen molar-refractivity contribution in [3.63, 3.8) is 0 Å². The molecule has 17 heavy (non-hydrogen) atoms. The first-order valence-electron chi connectivity index (χ1n) is 5.84. The molecule has 2 N–H and O–H groups in total. The van der Waals surface area contributed by atoms with Gasteiger partial charge in [-0.15, -0.1) is 5.06 Å². The predicted molar refractivity (Wildman–Crippen MR) is 68.2 cm³/mol. The zero-order valence-electron chi connectivity index (χ0n) is 10.4. The molecule has 92 valence electrons. The van der Waals surface area contributed by atoms with Crippen LogP contribution in [0, 0.1) is 0 Å². The topological polar surface area (TPSA) is 37.4 Å². The first-order chi connectivity index (χ1) is 7.98. The molecule has 0 radical (unpaired) electrons. The maximum absolute atomic E-state index is 10.3. The van der Waals surface area contributed by atoms with Crippen molar-refractivity contribution in [1.82, 2.24) is 5.06 Å². The Morgan fingerprint density at radius 3 is 2.59 bits per heavy atom. The van der Waals surface area contributed by atoms with Crippen LogP contribution in [-0.4, -0.2) is 21.5 Å². The van der Waals surface area contributed by atoms with Gasteiger partial charge in [-0.05, 0) is 26.0 Å². The molecular weight excluding hydrogens is 236 g/mol. The van der Waals surface area contributed by atoms with Crippen molar-refractivity contribution >= 4 is 17.3 Å². The van der Waals surface area contributed by atoms with Crippen LogP contribution >= 0.6 is 11.6 Å². The van der Waals surface area contributed by atoms with Gasteiger partial charge in [0.2, 0.25) is 0 Å². The quantitative estimate of drug-likeness (QED) is 0.843. The molecule has 0 saturated heterocycles. The third-order valence-corrected chi connectivity index (χ3v) is 3.76. The number of hydrogen-bond acceptors (Lipinski definition) is 2. The number of halogens is 1. The van der Waals surface area contributed by atoms with Crippen LogP contribution in [0.4, 0.5) is 0 Å². The van der Waals surface area contributed by atoms with E-state index < -0.39 is 0 Å². The minimum absolute atomic E-state index is 0.270. The maximum atomic E-state index is 10.3. The summed E-state index contributed by atoms with van der Waals surface area (Å²) < 4.78 is 0. The van der Waals surface area contributed by atoms with Gasteiger partial charge in [0, 0.05) is 6.42 Å². The van der Waals surface area contributed by atoms with Gasteiger partial charge in [-0.2, -0.15) is 0 Å². The lowest BCUT2D eigenvalue weighted by Crippen LogP contribution is -2.73. The van der Waals surface area contributed by atoms with Gasteiger partial charge in [0.05, 0.1) is 10.6 Å². The Balaban J connectivity index is 2.43. The highest BCUT2D eigenvalue weighted by Gasteiger charge is 2.48. The Hall–Kier alpha value is -0.900. The Kier molecular flexibility index (Phi) is 3.25. The lowest BCUT2D eigenvalue weighted by Gasteiger charge is -2.25. The van der Waals surface area contributed by atoms with Crippen LogP contribution < -0.4 is 4.99 Å². The molecule has 1 aliphatic rings. The van der Waals surface area contributed by atoms with Crippen molar-refractivity contribution in [2.24, 2.45) is 0 Å². The van der Waals surface area contributed by atoms with Crippen LogP contribution in [0.5, 0.6) is 0 Å². The molecule has 0 saturated carbocycles. The summed E-state index contributed by atoms with van der Waals surface area (Å²) in [6.45, 7) is 6.07. The van der Waals surface area contributed by atoms with E-state index in [1.54, 1.807) is 0 Å². The molecule has 0 aromatic heterocycles. The molecule has 0 fully saturated rings. The standard InChI is InChI=1S/C13H17ClN2O/c1-4-11-13(2,3)16(17)12(15-11)9-7-5-6-8-10(9)14/h5-8,12,17H,4H2,1-3H3/p+1/t12-/m1/s1. The number of rotatable bonds is 2. The van der Waals surface area contributed by atoms with Crippen molar-refractivity contribution in [3.05, 3.63) is 34.9 Å². The van der Waals surface area contributed by atoms with E-state index in [0.717, 1.165) is 17.7 Å². The van der Waals surface area contributed by atoms with Gasteiger partial charge in [0.1, 0.15) is 5.54 Å². The molecule has 2 rings (SSSR count). The number of hydroxylamine groups is 2. The van der Waals surface area contributed by atoms with Crippen molar-refractivity contribution < 1.29 is 10.2 Å². The van der Waals surface area contributed by atoms with E-state index in [0.29, 0.717) is 5.02 Å². The molecule has 0 unspecified atom stereocenters. The molecule has 1 aromatic carbocycles. The summed E-state index contributed by atoms with van der Waals surface area (Å²) >= 11 is 6.17. The van der Waals surface area contributed by atoms with Crippen molar-refractivity contribution in [1.29, 1.82) is 0 Å². The highest BCUT2D eigenvalue weighted by molar-refractivity contribution is 6.31. The van der Waals surface area contributed by atoms with E-state index in [1.807, 2.05) is 38.1 Å². The summed E-state index contributed by atoms with van der Waals surface area (Å²) in [5.41, 5.74) is 1.64. The van der Waals surface area contributed by atoms with E-state index in [1.165, 1.54) is 5.06 Å². The molecule has 3 nitrogen and oxygen atoms in total. The highest BCUT2D eigenvalue weighted by Crippen LogP contribution is 2.29. The number of nitrogens with one attached hydrogen (secondary N) is 1. The highest BCUT2D eigenvalue weighted by atomic mass is 35.5. The molecule has 0 amide bonds. The normalized spacial score (nSPS) is 23.8. The first kappa shape index (κ1) is 12.6. The van der Waals surface area contributed by atoms with E-state index >= 15 is 0 Å². The second-order valence-electron chi connectivity index (χ2n) is 4.80. The molecule has 1 atom stereocenters. The number of hydrogen-bond donors (Lipinski definition) is 2. The second-order valence-corrected chi connectivity index (χ2v) is 5.21. The van der Waals surface area contributed by atoms with Crippen molar-refractivity contribution in [3.8, 4) is 0 Å². The van der Waals surface area contributed by atoms with Crippen LogP contribution in [-0.2, 0) is 0 Å². The zero-order valence-corrected chi connectivity index (χ0v) is 11.1. The molecule has 0 bridgehead atoms. The lowest BCUT2D eigenvalue weighted by molar-refractivity contribution is -0.549. The maximum Gasteiger partial charge on any atom is 0.257 e. The third kappa shape index (κ3) is 1.99. The van der Waals surface area contributed by atoms with Gasteiger partial charge in [-0.3, -0.25) is 0 Å². The number of nitrogens with zero attached hydrogens (tertiary/aromatic N) is 1. The van der Waals surface area contributed by atoms with E-state index in [-0.39, 0.29) is 11.7 Å². The summed E-state index contributed by atoms with van der Waals surface area (Å²) in [6, 6.07) is 7.58. The monoisotopic (exact) mass is 253 g/mol. The summed E-state index contributed by atoms with van der Waals surface area (Å²) in [6.07, 6.45) is 0.610. The molecule has 0 spiro atoms. The largest absolute Gasteiger partial charge is 0.307 e. The van der Waals surface area contributed by atoms with Crippen molar-refractivity contribution in [2.45, 2.75) is 38.9 Å². The predicted octanol–water partition coefficient (Wildman–Crippen LogP) is 1.75. The fourth-order valence-electron chi connectivity index (χ4n) is 2.30. The minimum atomic E-state index is -0.376. The van der Waals surface area contributed by atoms with Crippen LogP contribution in [0.1, 0.15) is 38.9 Å². The Morgan fingerprint density at radius 2 is 2.06 bits per heavy atom. The van der Waals surface area contributed by atoms with E-state index in [9.17, 15) is 5.21 Å². The lowest BCUT2D eigenvalue weighted by atomic mass is 9.97. The summed E-state index contributed by atoms with van der Waals surface area (Å²) in [5.74, 6) is 0. The SMILES string of the molecule is CCC1=[NH+][C@@H](c2ccccc2Cl)N(O)C1(C)C. The second kappa shape index (κ2) is 4.41. The van der Waals surface area contributed by atoms with Gasteiger partial charge in [0.25, 0.3) is 6.17 Å². The van der Waals surface area contributed by atoms with Crippen LogP contribution in [0.15, 0.2) is 24.3 Å². The van der Waals surface area contributed by atoms with Crippen LogP contribution in [0.3, 0.4) is 0 Å². The smallest absolute Gasteiger partial charge is 0.257 e. The van der Waals surface area contributed by atoms with Gasteiger partial charge in [-0.1, -0.05) is 30.7 Å². The van der Waals surface area contributed by atoms with Crippen molar-refractivity contribution in [2.75, 3.05) is 0 Å². The fraction of sp³-hybridized carbons (Fsp3) is 0.462. The minimum Gasteiger partial charge on any atom is -0.307 e. The molecule has 4 heteroatoms. The molecule has 1 heterocycles. The first-order valence-corrected chi connectivity index (χ1v) is 6.21. The number of benzene rings is 1. The molecule has 1 aliphatic heterocycles. The summed E-state index contributed by atoms with van der Waals surface area (Å²) in [7, 11) is 0. The van der Waals surface area contributed by atoms with Gasteiger partial charge in [0.15, 0.2) is 5.71 Å². The summed E-state index contributed by atoms with van der Waals surface area (Å²) in [5, 5.41) is 12.3. The third-order valence-electron chi connectivity index (χ3n) is 3.42. The molecule has 1 aromatic rings. The average molecular weight is 254 g/mol. The van der Waals surface area contributed by atoms with Gasteiger partial charge in [-0.25, -0.2) is 4.99 Å². The molecule has 0 aliphatic carbocycles. The van der Waals surface area contributed by atoms with E-state index in [4.69, 9.17) is 11.6 Å².